The molecule has 1 amide bonds. The number of carbonyl (C=O) groups excluding carboxylic acids is 1. The van der Waals surface area contributed by atoms with Crippen molar-refractivity contribution >= 4 is 40.9 Å². The van der Waals surface area contributed by atoms with Crippen molar-refractivity contribution in [2.45, 2.75) is 52.4 Å². The van der Waals surface area contributed by atoms with E-state index in [-0.39, 0.29) is 27.2 Å². The van der Waals surface area contributed by atoms with Crippen LogP contribution in [0.1, 0.15) is 58.2 Å². The Balaban J connectivity index is 2.54. The average Bonchev–Trinajstić information content (AvgIpc) is 2.62. The summed E-state index contributed by atoms with van der Waals surface area (Å²) in [4.78, 5) is 12.7. The second-order valence-electron chi connectivity index (χ2n) is 9.19. The molecule has 2 rings (SSSR count). The fourth-order valence-electron chi connectivity index (χ4n) is 2.99. The lowest BCUT2D eigenvalue weighted by Gasteiger charge is -2.28. The number of hydrogen-bond donors (Lipinski definition) is 2. The summed E-state index contributed by atoms with van der Waals surface area (Å²) < 4.78 is 0. The third-order valence-electron chi connectivity index (χ3n) is 4.62. The van der Waals surface area contributed by atoms with Crippen molar-refractivity contribution in [3.05, 3.63) is 62.6 Å². The topological polar surface area (TPSA) is 73.1 Å². The SMILES string of the molecule is CC(C)(C)c1cc(/C=C(\C#N)C(=O)Nc2cccc(Cl)c2Cl)cc(C(C)(C)C)c1O. The van der Waals surface area contributed by atoms with E-state index in [4.69, 9.17) is 23.2 Å². The molecule has 0 spiro atoms. The molecule has 2 N–H and O–H groups in total. The molecule has 4 nitrogen and oxygen atoms in total. The smallest absolute Gasteiger partial charge is 0.266 e. The fraction of sp³-hybridized carbons (Fsp3) is 0.333. The van der Waals surface area contributed by atoms with Gasteiger partial charge in [0.25, 0.3) is 5.91 Å². The molecule has 6 heteroatoms. The summed E-state index contributed by atoms with van der Waals surface area (Å²) in [6.45, 7) is 12.0. The van der Waals surface area contributed by atoms with E-state index in [0.29, 0.717) is 16.3 Å². The number of phenols is 1. The molecule has 0 fully saturated rings. The molecule has 0 bridgehead atoms. The van der Waals surface area contributed by atoms with Crippen LogP contribution in [0.15, 0.2) is 35.9 Å². The van der Waals surface area contributed by atoms with Gasteiger partial charge in [-0.25, -0.2) is 0 Å². The number of nitrogens with zero attached hydrogens (tertiary/aromatic N) is 1. The van der Waals surface area contributed by atoms with E-state index in [1.807, 2.05) is 59.7 Å². The number of carbonyl (C=O) groups is 1. The van der Waals surface area contributed by atoms with E-state index in [0.717, 1.165) is 11.1 Å². The van der Waals surface area contributed by atoms with Crippen LogP contribution >= 0.6 is 23.2 Å². The first-order chi connectivity index (χ1) is 13.8. The standard InChI is InChI=1S/C24H26Cl2N2O2/c1-23(2,3)16-11-14(12-17(21(16)29)24(4,5)6)10-15(13-27)22(30)28-19-9-7-8-18(25)20(19)26/h7-12,29H,1-6H3,(H,28,30)/b15-10+. The van der Waals surface area contributed by atoms with Crippen molar-refractivity contribution < 1.29 is 9.90 Å². The summed E-state index contributed by atoms with van der Waals surface area (Å²) in [6.07, 6.45) is 1.51. The summed E-state index contributed by atoms with van der Waals surface area (Å²) in [7, 11) is 0. The predicted molar refractivity (Wildman–Crippen MR) is 124 cm³/mol. The Morgan fingerprint density at radius 2 is 1.60 bits per heavy atom. The van der Waals surface area contributed by atoms with E-state index >= 15 is 0 Å². The Labute approximate surface area is 188 Å². The third kappa shape index (κ3) is 5.36. The molecule has 0 saturated carbocycles. The van der Waals surface area contributed by atoms with Crippen molar-refractivity contribution in [1.29, 1.82) is 5.26 Å². The van der Waals surface area contributed by atoms with Crippen LogP contribution in [0.5, 0.6) is 5.75 Å². The maximum Gasteiger partial charge on any atom is 0.266 e. The predicted octanol–water partition coefficient (Wildman–Crippen LogP) is 6.84. The fourth-order valence-corrected chi connectivity index (χ4v) is 3.34. The van der Waals surface area contributed by atoms with E-state index < -0.39 is 5.91 Å². The second kappa shape index (κ2) is 8.71. The molecule has 0 unspecified atom stereocenters. The van der Waals surface area contributed by atoms with Crippen LogP contribution in [0.25, 0.3) is 6.08 Å². The van der Waals surface area contributed by atoms with Crippen LogP contribution < -0.4 is 5.32 Å². The minimum atomic E-state index is -0.593. The van der Waals surface area contributed by atoms with Crippen LogP contribution in [-0.4, -0.2) is 11.0 Å². The molecule has 158 valence electrons. The van der Waals surface area contributed by atoms with E-state index in [1.54, 1.807) is 18.2 Å². The molecule has 0 saturated heterocycles. The van der Waals surface area contributed by atoms with Gasteiger partial charge in [0.2, 0.25) is 0 Å². The lowest BCUT2D eigenvalue weighted by molar-refractivity contribution is -0.112. The largest absolute Gasteiger partial charge is 0.507 e. The molecule has 0 heterocycles. The number of halogens is 2. The number of aromatic hydroxyl groups is 1. The molecule has 2 aromatic rings. The molecule has 2 aromatic carbocycles. The zero-order valence-corrected chi connectivity index (χ0v) is 19.5. The summed E-state index contributed by atoms with van der Waals surface area (Å²) in [5.41, 5.74) is 1.75. The van der Waals surface area contributed by atoms with Gasteiger partial charge in [-0.3, -0.25) is 4.79 Å². The minimum Gasteiger partial charge on any atom is -0.507 e. The summed E-state index contributed by atoms with van der Waals surface area (Å²) in [6, 6.07) is 10.4. The Hall–Kier alpha value is -2.48. The lowest BCUT2D eigenvalue weighted by Crippen LogP contribution is -2.18. The number of amides is 1. The number of nitrogens with one attached hydrogen (secondary N) is 1. The highest BCUT2D eigenvalue weighted by Crippen LogP contribution is 2.40. The van der Waals surface area contributed by atoms with Crippen LogP contribution in [-0.2, 0) is 15.6 Å². The number of phenolic OH excluding ortho intramolecular Hbond substituents is 1. The van der Waals surface area contributed by atoms with Crippen LogP contribution in [0.3, 0.4) is 0 Å². The van der Waals surface area contributed by atoms with E-state index in [9.17, 15) is 15.2 Å². The summed E-state index contributed by atoms with van der Waals surface area (Å²) in [5.74, 6) is -0.356. The molecule has 30 heavy (non-hydrogen) atoms. The molecule has 0 aliphatic heterocycles. The molecular formula is C24H26Cl2N2O2. The van der Waals surface area contributed by atoms with Crippen molar-refractivity contribution in [3.63, 3.8) is 0 Å². The Morgan fingerprint density at radius 3 is 2.07 bits per heavy atom. The molecule has 0 radical (unpaired) electrons. The van der Waals surface area contributed by atoms with Crippen molar-refractivity contribution in [2.75, 3.05) is 5.32 Å². The van der Waals surface area contributed by atoms with Gasteiger partial charge >= 0.3 is 0 Å². The van der Waals surface area contributed by atoms with Gasteiger partial charge in [-0.05, 0) is 46.7 Å². The Kier molecular flexibility index (Phi) is 6.91. The molecule has 0 aliphatic rings. The maximum absolute atomic E-state index is 12.7. The molecule has 0 aromatic heterocycles. The highest BCUT2D eigenvalue weighted by Gasteiger charge is 2.26. The Bertz CT molecular complexity index is 1020. The average molecular weight is 445 g/mol. The van der Waals surface area contributed by atoms with Gasteiger partial charge in [0.1, 0.15) is 17.4 Å². The highest BCUT2D eigenvalue weighted by molar-refractivity contribution is 6.44. The molecular weight excluding hydrogens is 419 g/mol. The first-order valence-electron chi connectivity index (χ1n) is 9.51. The number of hydrogen-bond acceptors (Lipinski definition) is 3. The van der Waals surface area contributed by atoms with Crippen molar-refractivity contribution in [1.82, 2.24) is 0 Å². The Morgan fingerprint density at radius 1 is 1.07 bits per heavy atom. The van der Waals surface area contributed by atoms with Gasteiger partial charge < -0.3 is 10.4 Å². The normalized spacial score (nSPS) is 12.4. The van der Waals surface area contributed by atoms with Crippen LogP contribution in [0.2, 0.25) is 10.0 Å². The van der Waals surface area contributed by atoms with E-state index in [2.05, 4.69) is 5.32 Å². The number of rotatable bonds is 3. The van der Waals surface area contributed by atoms with Gasteiger partial charge in [0, 0.05) is 11.1 Å². The number of benzene rings is 2. The summed E-state index contributed by atoms with van der Waals surface area (Å²) in [5, 5.41) is 23.6. The first-order valence-corrected chi connectivity index (χ1v) is 10.3. The van der Waals surface area contributed by atoms with E-state index in [1.165, 1.54) is 6.08 Å². The van der Waals surface area contributed by atoms with Gasteiger partial charge in [0.15, 0.2) is 0 Å². The van der Waals surface area contributed by atoms with Gasteiger partial charge in [-0.1, -0.05) is 70.8 Å². The maximum atomic E-state index is 12.7. The van der Waals surface area contributed by atoms with Crippen LogP contribution in [0.4, 0.5) is 5.69 Å². The highest BCUT2D eigenvalue weighted by atomic mass is 35.5. The molecule has 0 aliphatic carbocycles. The number of anilines is 1. The zero-order valence-electron chi connectivity index (χ0n) is 18.0. The van der Waals surface area contributed by atoms with Gasteiger partial charge in [-0.15, -0.1) is 0 Å². The molecule has 0 atom stereocenters. The lowest BCUT2D eigenvalue weighted by atomic mass is 9.78. The van der Waals surface area contributed by atoms with Crippen LogP contribution in [0, 0.1) is 11.3 Å². The van der Waals surface area contributed by atoms with Crippen molar-refractivity contribution in [2.24, 2.45) is 0 Å². The number of nitriles is 1. The monoisotopic (exact) mass is 444 g/mol. The first kappa shape index (κ1) is 23.8. The summed E-state index contributed by atoms with van der Waals surface area (Å²) >= 11 is 12.1. The second-order valence-corrected chi connectivity index (χ2v) is 9.98. The third-order valence-corrected chi connectivity index (χ3v) is 5.44. The van der Waals surface area contributed by atoms with Gasteiger partial charge in [0.05, 0.1) is 15.7 Å². The van der Waals surface area contributed by atoms with Gasteiger partial charge in [-0.2, -0.15) is 5.26 Å². The van der Waals surface area contributed by atoms with Crippen molar-refractivity contribution in [3.8, 4) is 11.8 Å². The zero-order chi connectivity index (χ0) is 22.9. The minimum absolute atomic E-state index is 0.0866. The quantitative estimate of drug-likeness (QED) is 0.401.